The normalized spacial score (nSPS) is 13.1. The van der Waals surface area contributed by atoms with Gasteiger partial charge >= 0.3 is 6.18 Å². The number of nitrogens with one attached hydrogen (secondary N) is 1. The maximum Gasteiger partial charge on any atom is 0.436 e. The maximum atomic E-state index is 12.5. The molecule has 0 amide bonds. The standard InChI is InChI=1S/C7H10F3N3O2S/c1-4-5(16(14,15)11-2)6(7(8,9)10)12-13(4)3/h11H,1-3H3. The van der Waals surface area contributed by atoms with E-state index in [0.717, 1.165) is 11.7 Å². The molecule has 0 radical (unpaired) electrons. The first kappa shape index (κ1) is 13.0. The highest BCUT2D eigenvalue weighted by molar-refractivity contribution is 7.89. The quantitative estimate of drug-likeness (QED) is 0.846. The largest absolute Gasteiger partial charge is 0.436 e. The third kappa shape index (κ3) is 2.05. The number of halogens is 3. The molecule has 1 rings (SSSR count). The molecule has 0 saturated heterocycles. The summed E-state index contributed by atoms with van der Waals surface area (Å²) in [5.74, 6) is 0. The predicted octanol–water partition coefficient (Wildman–Crippen LogP) is 0.655. The average molecular weight is 257 g/mol. The molecule has 0 spiro atoms. The van der Waals surface area contributed by atoms with Crippen LogP contribution in [0.15, 0.2) is 4.90 Å². The van der Waals surface area contributed by atoms with Crippen LogP contribution in [0.5, 0.6) is 0 Å². The van der Waals surface area contributed by atoms with Gasteiger partial charge in [0.1, 0.15) is 4.90 Å². The topological polar surface area (TPSA) is 64.0 Å². The van der Waals surface area contributed by atoms with E-state index >= 15 is 0 Å². The zero-order valence-corrected chi connectivity index (χ0v) is 9.57. The van der Waals surface area contributed by atoms with E-state index in [1.54, 1.807) is 0 Å². The van der Waals surface area contributed by atoms with Gasteiger partial charge in [0, 0.05) is 7.05 Å². The highest BCUT2D eigenvalue weighted by atomic mass is 32.2. The number of nitrogens with zero attached hydrogens (tertiary/aromatic N) is 2. The van der Waals surface area contributed by atoms with E-state index in [1.165, 1.54) is 14.0 Å². The molecule has 0 fully saturated rings. The van der Waals surface area contributed by atoms with Crippen LogP contribution >= 0.6 is 0 Å². The molecule has 0 aliphatic carbocycles. The minimum absolute atomic E-state index is 0.0679. The molecule has 0 saturated carbocycles. The number of sulfonamides is 1. The molecule has 1 aromatic rings. The van der Waals surface area contributed by atoms with Crippen LogP contribution in [0.3, 0.4) is 0 Å². The lowest BCUT2D eigenvalue weighted by Gasteiger charge is -2.06. The Morgan fingerprint density at radius 1 is 1.38 bits per heavy atom. The van der Waals surface area contributed by atoms with Crippen molar-refractivity contribution in [3.05, 3.63) is 11.4 Å². The van der Waals surface area contributed by atoms with Crippen molar-refractivity contribution >= 4 is 10.0 Å². The Labute approximate surface area is 90.3 Å². The lowest BCUT2D eigenvalue weighted by molar-refractivity contribution is -0.143. The number of alkyl halides is 3. The molecule has 16 heavy (non-hydrogen) atoms. The summed E-state index contributed by atoms with van der Waals surface area (Å²) in [6.45, 7) is 1.26. The van der Waals surface area contributed by atoms with Crippen molar-refractivity contribution in [2.45, 2.75) is 18.0 Å². The van der Waals surface area contributed by atoms with Gasteiger partial charge < -0.3 is 0 Å². The van der Waals surface area contributed by atoms with Gasteiger partial charge in [-0.3, -0.25) is 4.68 Å². The predicted molar refractivity (Wildman–Crippen MR) is 49.2 cm³/mol. The van der Waals surface area contributed by atoms with E-state index < -0.39 is 26.8 Å². The summed E-state index contributed by atoms with van der Waals surface area (Å²) in [4.78, 5) is -0.829. The molecular formula is C7H10F3N3O2S. The smallest absolute Gasteiger partial charge is 0.271 e. The molecule has 1 heterocycles. The zero-order valence-electron chi connectivity index (χ0n) is 8.75. The van der Waals surface area contributed by atoms with Gasteiger partial charge in [-0.2, -0.15) is 18.3 Å². The Balaban J connectivity index is 3.62. The third-order valence-corrected chi connectivity index (χ3v) is 3.65. The summed E-state index contributed by atoms with van der Waals surface area (Å²) in [5, 5.41) is 3.17. The maximum absolute atomic E-state index is 12.5. The van der Waals surface area contributed by atoms with E-state index in [4.69, 9.17) is 0 Å². The van der Waals surface area contributed by atoms with Gasteiger partial charge in [0.05, 0.1) is 5.69 Å². The van der Waals surface area contributed by atoms with Crippen molar-refractivity contribution in [2.24, 2.45) is 7.05 Å². The molecule has 0 atom stereocenters. The summed E-state index contributed by atoms with van der Waals surface area (Å²) in [6, 6.07) is 0. The van der Waals surface area contributed by atoms with Crippen LogP contribution in [-0.4, -0.2) is 25.2 Å². The molecule has 1 N–H and O–H groups in total. The molecule has 5 nitrogen and oxygen atoms in total. The monoisotopic (exact) mass is 257 g/mol. The highest BCUT2D eigenvalue weighted by Crippen LogP contribution is 2.34. The van der Waals surface area contributed by atoms with Gasteiger partial charge in [-0.25, -0.2) is 13.1 Å². The summed E-state index contributed by atoms with van der Waals surface area (Å²) in [5.41, 5.74) is -1.47. The molecule has 0 aliphatic heterocycles. The number of rotatable bonds is 2. The second-order valence-electron chi connectivity index (χ2n) is 3.09. The van der Waals surface area contributed by atoms with Gasteiger partial charge in [0.2, 0.25) is 10.0 Å². The Hall–Kier alpha value is -1.09. The molecule has 9 heteroatoms. The van der Waals surface area contributed by atoms with Crippen LogP contribution in [-0.2, 0) is 23.2 Å². The fourth-order valence-corrected chi connectivity index (χ4v) is 2.33. The van der Waals surface area contributed by atoms with Crippen LogP contribution in [0.25, 0.3) is 0 Å². The minimum atomic E-state index is -4.80. The lowest BCUT2D eigenvalue weighted by atomic mass is 10.3. The van der Waals surface area contributed by atoms with E-state index in [2.05, 4.69) is 5.10 Å². The average Bonchev–Trinajstić information content (AvgIpc) is 2.43. The fourth-order valence-electron chi connectivity index (χ4n) is 1.20. The van der Waals surface area contributed by atoms with Gasteiger partial charge in [-0.15, -0.1) is 0 Å². The Kier molecular flexibility index (Phi) is 3.03. The molecule has 0 bridgehead atoms. The van der Waals surface area contributed by atoms with E-state index in [-0.39, 0.29) is 5.69 Å². The van der Waals surface area contributed by atoms with Crippen molar-refractivity contribution in [1.82, 2.24) is 14.5 Å². The van der Waals surface area contributed by atoms with Crippen molar-refractivity contribution < 1.29 is 21.6 Å². The third-order valence-electron chi connectivity index (χ3n) is 2.09. The summed E-state index contributed by atoms with van der Waals surface area (Å²) < 4.78 is 63.2. The molecule has 0 unspecified atom stereocenters. The summed E-state index contributed by atoms with van der Waals surface area (Å²) in [6.07, 6.45) is -4.80. The van der Waals surface area contributed by atoms with Gasteiger partial charge in [-0.05, 0) is 14.0 Å². The van der Waals surface area contributed by atoms with Crippen molar-refractivity contribution in [3.8, 4) is 0 Å². The van der Waals surface area contributed by atoms with Crippen LogP contribution in [0.2, 0.25) is 0 Å². The van der Waals surface area contributed by atoms with E-state index in [1.807, 2.05) is 4.72 Å². The number of aromatic nitrogens is 2. The molecule has 0 aliphatic rings. The first-order valence-corrected chi connectivity index (χ1v) is 5.64. The highest BCUT2D eigenvalue weighted by Gasteiger charge is 2.42. The first-order chi connectivity index (χ1) is 7.11. The number of hydrogen-bond donors (Lipinski definition) is 1. The molecular weight excluding hydrogens is 247 g/mol. The molecule has 1 aromatic heterocycles. The zero-order chi connectivity index (χ0) is 12.7. The fraction of sp³-hybridized carbons (Fsp3) is 0.571. The second-order valence-corrected chi connectivity index (χ2v) is 4.92. The minimum Gasteiger partial charge on any atom is -0.271 e. The number of aryl methyl sites for hydroxylation is 1. The van der Waals surface area contributed by atoms with Crippen molar-refractivity contribution in [3.63, 3.8) is 0 Å². The van der Waals surface area contributed by atoms with Gasteiger partial charge in [0.15, 0.2) is 5.69 Å². The molecule has 92 valence electrons. The Morgan fingerprint density at radius 2 is 1.88 bits per heavy atom. The van der Waals surface area contributed by atoms with Crippen molar-refractivity contribution in [1.29, 1.82) is 0 Å². The SMILES string of the molecule is CNS(=O)(=O)c1c(C(F)(F)F)nn(C)c1C. The Bertz CT molecular complexity index is 504. The van der Waals surface area contributed by atoms with Crippen LogP contribution in [0.1, 0.15) is 11.4 Å². The first-order valence-electron chi connectivity index (χ1n) is 4.15. The van der Waals surface area contributed by atoms with E-state index in [0.29, 0.717) is 0 Å². The lowest BCUT2D eigenvalue weighted by Crippen LogP contribution is -2.22. The van der Waals surface area contributed by atoms with Gasteiger partial charge in [-0.1, -0.05) is 0 Å². The summed E-state index contributed by atoms with van der Waals surface area (Å²) in [7, 11) is -1.88. The van der Waals surface area contributed by atoms with Crippen LogP contribution in [0, 0.1) is 6.92 Å². The number of hydrogen-bond acceptors (Lipinski definition) is 3. The molecule has 0 aromatic carbocycles. The summed E-state index contributed by atoms with van der Waals surface area (Å²) >= 11 is 0. The van der Waals surface area contributed by atoms with Gasteiger partial charge in [0.25, 0.3) is 0 Å². The van der Waals surface area contributed by atoms with Crippen LogP contribution < -0.4 is 4.72 Å². The van der Waals surface area contributed by atoms with E-state index in [9.17, 15) is 21.6 Å². The Morgan fingerprint density at radius 3 is 2.25 bits per heavy atom. The van der Waals surface area contributed by atoms with Crippen molar-refractivity contribution in [2.75, 3.05) is 7.05 Å². The van der Waals surface area contributed by atoms with Crippen LogP contribution in [0.4, 0.5) is 13.2 Å². The second kappa shape index (κ2) is 3.74.